The Bertz CT molecular complexity index is 360. The molecular formula is C10H15BrN2O2. The molecule has 84 valence electrons. The van der Waals surface area contributed by atoms with Gasteiger partial charge in [-0.3, -0.25) is 10.1 Å². The number of aryl methyl sites for hydroxylation is 1. The van der Waals surface area contributed by atoms with Crippen LogP contribution in [0.2, 0.25) is 0 Å². The van der Waals surface area contributed by atoms with Crippen LogP contribution in [0.4, 0.5) is 5.88 Å². The first-order valence-electron chi connectivity index (χ1n) is 4.81. The van der Waals surface area contributed by atoms with Gasteiger partial charge in [0.15, 0.2) is 0 Å². The van der Waals surface area contributed by atoms with Crippen molar-refractivity contribution >= 4 is 27.7 Å². The van der Waals surface area contributed by atoms with Crippen LogP contribution in [0.3, 0.4) is 0 Å². The third kappa shape index (κ3) is 2.81. The van der Waals surface area contributed by atoms with E-state index in [1.807, 2.05) is 27.7 Å². The lowest BCUT2D eigenvalue weighted by Gasteiger charge is -2.12. The number of aromatic nitrogens is 1. The van der Waals surface area contributed by atoms with Gasteiger partial charge in [-0.2, -0.15) is 0 Å². The minimum atomic E-state index is -0.220. The lowest BCUT2D eigenvalue weighted by molar-refractivity contribution is -0.116. The summed E-state index contributed by atoms with van der Waals surface area (Å²) in [7, 11) is 0. The Kier molecular flexibility index (Phi) is 3.90. The SMILES string of the molecule is Cc1noc(NC(=O)C(Br)C(C)C)c1C. The van der Waals surface area contributed by atoms with Crippen molar-refractivity contribution in [3.8, 4) is 0 Å². The summed E-state index contributed by atoms with van der Waals surface area (Å²) in [5.41, 5.74) is 1.66. The molecule has 1 amide bonds. The maximum Gasteiger partial charge on any atom is 0.240 e. The Morgan fingerprint density at radius 2 is 2.07 bits per heavy atom. The van der Waals surface area contributed by atoms with Crippen LogP contribution in [0.5, 0.6) is 0 Å². The molecule has 0 spiro atoms. The van der Waals surface area contributed by atoms with Crippen LogP contribution in [0.15, 0.2) is 4.52 Å². The molecule has 15 heavy (non-hydrogen) atoms. The highest BCUT2D eigenvalue weighted by atomic mass is 79.9. The molecule has 1 aromatic rings. The predicted octanol–water partition coefficient (Wildman–Crippen LogP) is 2.65. The predicted molar refractivity (Wildman–Crippen MR) is 62.2 cm³/mol. The van der Waals surface area contributed by atoms with Gasteiger partial charge in [0.2, 0.25) is 11.8 Å². The van der Waals surface area contributed by atoms with Crippen molar-refractivity contribution in [1.29, 1.82) is 0 Å². The van der Waals surface area contributed by atoms with Gasteiger partial charge in [0, 0.05) is 5.56 Å². The normalized spacial score (nSPS) is 12.9. The van der Waals surface area contributed by atoms with Gasteiger partial charge in [-0.25, -0.2) is 0 Å². The molecule has 1 heterocycles. The van der Waals surface area contributed by atoms with Gasteiger partial charge in [-0.15, -0.1) is 0 Å². The lowest BCUT2D eigenvalue weighted by atomic mass is 10.1. The van der Waals surface area contributed by atoms with Crippen molar-refractivity contribution in [3.05, 3.63) is 11.3 Å². The summed E-state index contributed by atoms with van der Waals surface area (Å²) in [6.45, 7) is 7.64. The van der Waals surface area contributed by atoms with Crippen LogP contribution >= 0.6 is 15.9 Å². The second-order valence-corrected chi connectivity index (χ2v) is 4.84. The summed E-state index contributed by atoms with van der Waals surface area (Å²) < 4.78 is 4.99. The molecule has 0 radical (unpaired) electrons. The minimum absolute atomic E-state index is 0.107. The summed E-state index contributed by atoms with van der Waals surface area (Å²) in [5, 5.41) is 6.47. The molecule has 1 atom stereocenters. The highest BCUT2D eigenvalue weighted by Gasteiger charge is 2.21. The molecule has 0 saturated heterocycles. The largest absolute Gasteiger partial charge is 0.338 e. The van der Waals surface area contributed by atoms with E-state index < -0.39 is 0 Å². The quantitative estimate of drug-likeness (QED) is 0.863. The van der Waals surface area contributed by atoms with E-state index in [2.05, 4.69) is 26.4 Å². The molecule has 0 aliphatic heterocycles. The van der Waals surface area contributed by atoms with Crippen LogP contribution < -0.4 is 5.32 Å². The first kappa shape index (κ1) is 12.2. The average molecular weight is 275 g/mol. The monoisotopic (exact) mass is 274 g/mol. The Morgan fingerprint density at radius 3 is 2.47 bits per heavy atom. The van der Waals surface area contributed by atoms with Crippen molar-refractivity contribution < 1.29 is 9.32 Å². The number of hydrogen-bond acceptors (Lipinski definition) is 3. The van der Waals surface area contributed by atoms with E-state index in [1.54, 1.807) is 0 Å². The number of hydrogen-bond donors (Lipinski definition) is 1. The summed E-state index contributed by atoms with van der Waals surface area (Å²) >= 11 is 3.32. The second-order valence-electron chi connectivity index (χ2n) is 3.86. The average Bonchev–Trinajstić information content (AvgIpc) is 2.48. The lowest BCUT2D eigenvalue weighted by Crippen LogP contribution is -2.27. The highest BCUT2D eigenvalue weighted by molar-refractivity contribution is 9.10. The van der Waals surface area contributed by atoms with Gasteiger partial charge in [-0.05, 0) is 19.8 Å². The van der Waals surface area contributed by atoms with Crippen LogP contribution in [0.1, 0.15) is 25.1 Å². The summed E-state index contributed by atoms with van der Waals surface area (Å²) in [4.78, 5) is 11.4. The van der Waals surface area contributed by atoms with Gasteiger partial charge in [0.1, 0.15) is 0 Å². The van der Waals surface area contributed by atoms with Gasteiger partial charge < -0.3 is 4.52 Å². The molecule has 4 nitrogen and oxygen atoms in total. The molecular weight excluding hydrogens is 260 g/mol. The summed E-state index contributed by atoms with van der Waals surface area (Å²) in [6, 6.07) is 0. The van der Waals surface area contributed by atoms with E-state index in [1.165, 1.54) is 0 Å². The fraction of sp³-hybridized carbons (Fsp3) is 0.600. The molecule has 5 heteroatoms. The molecule has 0 fully saturated rings. The maximum atomic E-state index is 11.7. The Labute approximate surface area is 97.5 Å². The summed E-state index contributed by atoms with van der Waals surface area (Å²) in [6.07, 6.45) is 0. The number of nitrogens with one attached hydrogen (secondary N) is 1. The zero-order chi connectivity index (χ0) is 11.6. The van der Waals surface area contributed by atoms with E-state index in [-0.39, 0.29) is 16.7 Å². The first-order chi connectivity index (χ1) is 6.93. The number of alkyl halides is 1. The van der Waals surface area contributed by atoms with Crippen molar-refractivity contribution in [2.24, 2.45) is 5.92 Å². The zero-order valence-electron chi connectivity index (χ0n) is 9.30. The third-order valence-corrected chi connectivity index (χ3v) is 3.70. The van der Waals surface area contributed by atoms with Crippen molar-refractivity contribution in [3.63, 3.8) is 0 Å². The Balaban J connectivity index is 2.71. The minimum Gasteiger partial charge on any atom is -0.338 e. The first-order valence-corrected chi connectivity index (χ1v) is 5.73. The number of halogens is 1. The fourth-order valence-electron chi connectivity index (χ4n) is 1.02. The van der Waals surface area contributed by atoms with E-state index in [0.29, 0.717) is 5.88 Å². The number of nitrogens with zero attached hydrogens (tertiary/aromatic N) is 1. The number of rotatable bonds is 3. The molecule has 0 bridgehead atoms. The number of amides is 1. The molecule has 1 N–H and O–H groups in total. The van der Waals surface area contributed by atoms with E-state index in [9.17, 15) is 4.79 Å². The molecule has 1 rings (SSSR count). The highest BCUT2D eigenvalue weighted by Crippen LogP contribution is 2.20. The van der Waals surface area contributed by atoms with Gasteiger partial charge in [-0.1, -0.05) is 34.9 Å². The summed E-state index contributed by atoms with van der Waals surface area (Å²) in [5.74, 6) is 0.557. The Morgan fingerprint density at radius 1 is 1.47 bits per heavy atom. The van der Waals surface area contributed by atoms with Crippen LogP contribution in [-0.2, 0) is 4.79 Å². The molecule has 0 aromatic carbocycles. The molecule has 0 saturated carbocycles. The molecule has 0 aliphatic carbocycles. The zero-order valence-corrected chi connectivity index (χ0v) is 10.9. The molecule has 1 aromatic heterocycles. The van der Waals surface area contributed by atoms with Gasteiger partial charge in [0.05, 0.1) is 10.5 Å². The smallest absolute Gasteiger partial charge is 0.240 e. The van der Waals surface area contributed by atoms with E-state index >= 15 is 0 Å². The Hall–Kier alpha value is -0.840. The third-order valence-electron chi connectivity index (χ3n) is 2.23. The van der Waals surface area contributed by atoms with Crippen molar-refractivity contribution in [2.45, 2.75) is 32.5 Å². The number of carbonyl (C=O) groups excluding carboxylic acids is 1. The van der Waals surface area contributed by atoms with Crippen LogP contribution in [0.25, 0.3) is 0 Å². The number of anilines is 1. The van der Waals surface area contributed by atoms with Crippen LogP contribution in [-0.4, -0.2) is 15.9 Å². The van der Waals surface area contributed by atoms with E-state index in [4.69, 9.17) is 4.52 Å². The van der Waals surface area contributed by atoms with Gasteiger partial charge in [0.25, 0.3) is 0 Å². The molecule has 1 unspecified atom stereocenters. The van der Waals surface area contributed by atoms with Crippen molar-refractivity contribution in [1.82, 2.24) is 5.16 Å². The van der Waals surface area contributed by atoms with Gasteiger partial charge >= 0.3 is 0 Å². The van der Waals surface area contributed by atoms with Crippen molar-refractivity contribution in [2.75, 3.05) is 5.32 Å². The topological polar surface area (TPSA) is 55.1 Å². The molecule has 0 aliphatic rings. The maximum absolute atomic E-state index is 11.7. The standard InChI is InChI=1S/C10H15BrN2O2/c1-5(2)8(11)9(14)12-10-6(3)7(4)13-15-10/h5,8H,1-4H3,(H,12,14). The second kappa shape index (κ2) is 4.79. The number of carbonyl (C=O) groups is 1. The fourth-order valence-corrected chi connectivity index (χ4v) is 1.13. The van der Waals surface area contributed by atoms with E-state index in [0.717, 1.165) is 11.3 Å². The van der Waals surface area contributed by atoms with Crippen LogP contribution in [0, 0.1) is 19.8 Å².